The third-order valence-electron chi connectivity index (χ3n) is 5.33. The Morgan fingerprint density at radius 2 is 1.81 bits per heavy atom. The minimum atomic E-state index is -0.819. The van der Waals surface area contributed by atoms with Crippen LogP contribution in [0.4, 0.5) is 5.69 Å². The smallest absolute Gasteiger partial charge is 0.300 e. The number of carbonyl (C=O) groups is 2. The lowest BCUT2D eigenvalue weighted by atomic mass is 9.95. The fourth-order valence-electron chi connectivity index (χ4n) is 3.88. The van der Waals surface area contributed by atoms with Gasteiger partial charge in [-0.2, -0.15) is 0 Å². The maximum atomic E-state index is 13.2. The second-order valence-electron chi connectivity index (χ2n) is 7.50. The van der Waals surface area contributed by atoms with Gasteiger partial charge in [-0.1, -0.05) is 29.8 Å². The molecule has 1 aromatic heterocycles. The Morgan fingerprint density at radius 1 is 1.03 bits per heavy atom. The second-order valence-corrected chi connectivity index (χ2v) is 7.50. The van der Waals surface area contributed by atoms with Crippen molar-refractivity contribution in [1.29, 1.82) is 0 Å². The topological polar surface area (TPSA) is 79.7 Å². The van der Waals surface area contributed by atoms with E-state index in [1.807, 2.05) is 38.1 Å². The third-order valence-corrected chi connectivity index (χ3v) is 5.33. The molecule has 1 atom stereocenters. The Bertz CT molecular complexity index is 1200. The van der Waals surface area contributed by atoms with Crippen molar-refractivity contribution in [2.75, 3.05) is 12.0 Å². The number of Topliss-reactive ketones (excluding diaryl/α,β-unsaturated/α-hetero) is 1. The van der Waals surface area contributed by atoms with Crippen LogP contribution in [0, 0.1) is 13.8 Å². The number of carbonyl (C=O) groups excluding carboxylic acids is 2. The normalized spacial score (nSPS) is 17.8. The summed E-state index contributed by atoms with van der Waals surface area (Å²) in [6.07, 6.45) is 3.21. The number of rotatable bonds is 4. The number of aryl methyl sites for hydroxylation is 2. The van der Waals surface area contributed by atoms with Gasteiger partial charge in [-0.05, 0) is 55.3 Å². The van der Waals surface area contributed by atoms with E-state index in [0.717, 1.165) is 11.1 Å². The summed E-state index contributed by atoms with van der Waals surface area (Å²) in [5.41, 5.74) is 3.39. The fourth-order valence-corrected chi connectivity index (χ4v) is 3.88. The van der Waals surface area contributed by atoms with Crippen molar-refractivity contribution < 1.29 is 19.4 Å². The van der Waals surface area contributed by atoms with E-state index < -0.39 is 17.7 Å². The molecule has 1 fully saturated rings. The number of aliphatic hydroxyl groups excluding tert-OH is 1. The first kappa shape index (κ1) is 20.3. The minimum absolute atomic E-state index is 0.00315. The van der Waals surface area contributed by atoms with Gasteiger partial charge in [0, 0.05) is 18.1 Å². The van der Waals surface area contributed by atoms with Crippen LogP contribution in [0.25, 0.3) is 5.76 Å². The van der Waals surface area contributed by atoms with Crippen LogP contribution in [0.2, 0.25) is 0 Å². The molecule has 0 spiro atoms. The lowest BCUT2D eigenvalue weighted by Crippen LogP contribution is -2.29. The molecular weight excluding hydrogens is 392 g/mol. The van der Waals surface area contributed by atoms with Gasteiger partial charge in [0.05, 0.1) is 24.3 Å². The van der Waals surface area contributed by atoms with Gasteiger partial charge in [-0.3, -0.25) is 19.5 Å². The summed E-state index contributed by atoms with van der Waals surface area (Å²) in [5, 5.41) is 11.3. The number of benzene rings is 2. The van der Waals surface area contributed by atoms with E-state index in [9.17, 15) is 14.7 Å². The maximum Gasteiger partial charge on any atom is 0.300 e. The lowest BCUT2D eigenvalue weighted by molar-refractivity contribution is -0.132. The van der Waals surface area contributed by atoms with E-state index in [2.05, 4.69) is 4.98 Å². The Morgan fingerprint density at radius 3 is 2.48 bits per heavy atom. The first-order valence-corrected chi connectivity index (χ1v) is 9.85. The summed E-state index contributed by atoms with van der Waals surface area (Å²) in [7, 11) is 1.49. The highest BCUT2D eigenvalue weighted by Gasteiger charge is 2.47. The zero-order valence-corrected chi connectivity index (χ0v) is 17.5. The van der Waals surface area contributed by atoms with Crippen LogP contribution < -0.4 is 9.64 Å². The first-order valence-electron chi connectivity index (χ1n) is 9.85. The number of hydrogen-bond donors (Lipinski definition) is 1. The highest BCUT2D eigenvalue weighted by Crippen LogP contribution is 2.43. The molecule has 1 N–H and O–H groups in total. The van der Waals surface area contributed by atoms with Crippen LogP contribution in [0.3, 0.4) is 0 Å². The Kier molecular flexibility index (Phi) is 5.29. The Balaban J connectivity index is 1.99. The van der Waals surface area contributed by atoms with Crippen molar-refractivity contribution in [2.24, 2.45) is 0 Å². The van der Waals surface area contributed by atoms with Crippen molar-refractivity contribution in [3.8, 4) is 5.75 Å². The molecule has 2 aromatic carbocycles. The van der Waals surface area contributed by atoms with E-state index in [4.69, 9.17) is 4.74 Å². The maximum absolute atomic E-state index is 13.2. The molecule has 1 saturated heterocycles. The zero-order valence-electron chi connectivity index (χ0n) is 17.5. The van der Waals surface area contributed by atoms with Gasteiger partial charge in [-0.15, -0.1) is 0 Å². The molecular formula is C25H22N2O4. The monoisotopic (exact) mass is 414 g/mol. The molecule has 6 nitrogen and oxygen atoms in total. The summed E-state index contributed by atoms with van der Waals surface area (Å²) >= 11 is 0. The van der Waals surface area contributed by atoms with E-state index >= 15 is 0 Å². The van der Waals surface area contributed by atoms with Gasteiger partial charge in [0.15, 0.2) is 0 Å². The summed E-state index contributed by atoms with van der Waals surface area (Å²) < 4.78 is 5.39. The average Bonchev–Trinajstić information content (AvgIpc) is 3.04. The third kappa shape index (κ3) is 3.57. The molecule has 4 rings (SSSR count). The van der Waals surface area contributed by atoms with Gasteiger partial charge < -0.3 is 9.84 Å². The molecule has 156 valence electrons. The van der Waals surface area contributed by atoms with E-state index in [-0.39, 0.29) is 11.3 Å². The number of hydrogen-bond acceptors (Lipinski definition) is 5. The van der Waals surface area contributed by atoms with Gasteiger partial charge in [0.1, 0.15) is 11.5 Å². The molecule has 1 unspecified atom stereocenters. The van der Waals surface area contributed by atoms with Gasteiger partial charge in [-0.25, -0.2) is 0 Å². The van der Waals surface area contributed by atoms with Gasteiger partial charge >= 0.3 is 0 Å². The lowest BCUT2D eigenvalue weighted by Gasteiger charge is -2.25. The summed E-state index contributed by atoms with van der Waals surface area (Å²) in [6, 6.07) is 15.3. The summed E-state index contributed by atoms with van der Waals surface area (Å²) in [6.45, 7) is 3.79. The number of ether oxygens (including phenoxy) is 1. The quantitative estimate of drug-likeness (QED) is 0.390. The Labute approximate surface area is 180 Å². The van der Waals surface area contributed by atoms with Crippen molar-refractivity contribution >= 4 is 23.1 Å². The van der Waals surface area contributed by atoms with E-state index in [1.165, 1.54) is 12.0 Å². The van der Waals surface area contributed by atoms with Crippen LogP contribution in [0.15, 0.2) is 72.6 Å². The number of nitrogens with zero attached hydrogens (tertiary/aromatic N) is 2. The van der Waals surface area contributed by atoms with Crippen molar-refractivity contribution in [2.45, 2.75) is 19.9 Å². The van der Waals surface area contributed by atoms with Crippen molar-refractivity contribution in [1.82, 2.24) is 4.98 Å². The number of methoxy groups -OCH3 is 1. The average molecular weight is 414 g/mol. The SMILES string of the molecule is COc1ccc(C)cc1/C(O)=C1\C(=O)C(=O)N(c2cccc(C)c2)C1c1cccnc1. The number of ketones is 1. The first-order chi connectivity index (χ1) is 14.9. The minimum Gasteiger partial charge on any atom is -0.507 e. The van der Waals surface area contributed by atoms with E-state index in [0.29, 0.717) is 22.6 Å². The molecule has 2 heterocycles. The predicted molar refractivity (Wildman–Crippen MR) is 118 cm³/mol. The van der Waals surface area contributed by atoms with Crippen LogP contribution in [-0.4, -0.2) is 28.9 Å². The number of aliphatic hydroxyl groups is 1. The summed E-state index contributed by atoms with van der Waals surface area (Å²) in [4.78, 5) is 31.9. The number of aromatic nitrogens is 1. The van der Waals surface area contributed by atoms with Crippen molar-refractivity contribution in [3.63, 3.8) is 0 Å². The molecule has 0 radical (unpaired) electrons. The number of pyridine rings is 1. The molecule has 3 aromatic rings. The second kappa shape index (κ2) is 8.07. The molecule has 1 aliphatic rings. The summed E-state index contributed by atoms with van der Waals surface area (Å²) in [5.74, 6) is -1.32. The fraction of sp³-hybridized carbons (Fsp3) is 0.160. The number of amides is 1. The van der Waals surface area contributed by atoms with Gasteiger partial charge in [0.2, 0.25) is 0 Å². The molecule has 0 aliphatic carbocycles. The van der Waals surface area contributed by atoms with Crippen LogP contribution in [0.5, 0.6) is 5.75 Å². The highest BCUT2D eigenvalue weighted by molar-refractivity contribution is 6.51. The molecule has 0 bridgehead atoms. The predicted octanol–water partition coefficient (Wildman–Crippen LogP) is 4.33. The van der Waals surface area contributed by atoms with Crippen molar-refractivity contribution in [3.05, 3.63) is 94.8 Å². The standard InChI is InChI=1S/C25H22N2O4/c1-15-6-4-8-18(12-15)27-22(17-7-5-11-26-14-17)21(24(29)25(27)30)23(28)19-13-16(2)9-10-20(19)31-3/h4-14,22,28H,1-3H3/b23-21+. The molecule has 6 heteroatoms. The van der Waals surface area contributed by atoms with Gasteiger partial charge in [0.25, 0.3) is 11.7 Å². The van der Waals surface area contributed by atoms with Crippen LogP contribution in [0.1, 0.15) is 28.3 Å². The molecule has 31 heavy (non-hydrogen) atoms. The number of anilines is 1. The zero-order chi connectivity index (χ0) is 22.1. The van der Waals surface area contributed by atoms with E-state index in [1.54, 1.807) is 42.7 Å². The molecule has 1 amide bonds. The molecule has 0 saturated carbocycles. The Hall–Kier alpha value is -3.93. The molecule has 1 aliphatic heterocycles. The van der Waals surface area contributed by atoms with Crippen LogP contribution in [-0.2, 0) is 9.59 Å². The highest BCUT2D eigenvalue weighted by atomic mass is 16.5. The largest absolute Gasteiger partial charge is 0.507 e. The van der Waals surface area contributed by atoms with Crippen LogP contribution >= 0.6 is 0 Å².